The number of aromatic nitrogens is 2. The Bertz CT molecular complexity index is 187. The molecule has 0 aliphatic heterocycles. The first-order valence-corrected chi connectivity index (χ1v) is 4.15. The van der Waals surface area contributed by atoms with Gasteiger partial charge in [-0.3, -0.25) is 0 Å². The summed E-state index contributed by atoms with van der Waals surface area (Å²) >= 11 is 0. The van der Waals surface area contributed by atoms with Crippen molar-refractivity contribution in [3.05, 3.63) is 30.7 Å². The van der Waals surface area contributed by atoms with Crippen molar-refractivity contribution >= 4 is 0 Å². The van der Waals surface area contributed by atoms with Gasteiger partial charge in [-0.1, -0.05) is 26.2 Å². The minimum Gasteiger partial charge on any atom is -0.373 e. The van der Waals surface area contributed by atoms with Crippen molar-refractivity contribution in [1.82, 2.24) is 9.97 Å². The summed E-state index contributed by atoms with van der Waals surface area (Å²) in [6.45, 7) is 8.12. The van der Waals surface area contributed by atoms with Gasteiger partial charge in [0.15, 0.2) is 0 Å². The van der Waals surface area contributed by atoms with E-state index in [1.54, 1.807) is 12.3 Å². The number of nitrogens with zero attached hydrogens (tertiary/aromatic N) is 2. The van der Waals surface area contributed by atoms with Crippen molar-refractivity contribution in [2.45, 2.75) is 33.6 Å². The van der Waals surface area contributed by atoms with Crippen LogP contribution >= 0.6 is 0 Å². The zero-order valence-electron chi connectivity index (χ0n) is 8.61. The van der Waals surface area contributed by atoms with E-state index in [0.717, 1.165) is 5.82 Å². The second kappa shape index (κ2) is 9.85. The van der Waals surface area contributed by atoms with Crippen LogP contribution in [-0.2, 0) is 21.1 Å². The predicted molar refractivity (Wildman–Crippen MR) is 50.6 cm³/mol. The molecule has 0 spiro atoms. The smallest absolute Gasteiger partial charge is 0.373 e. The van der Waals surface area contributed by atoms with Gasteiger partial charge in [0, 0.05) is 5.82 Å². The largest absolute Gasteiger partial charge is 2.00 e. The van der Waals surface area contributed by atoms with Crippen molar-refractivity contribution in [3.63, 3.8) is 0 Å². The monoisotopic (exact) mass is 348 g/mol. The van der Waals surface area contributed by atoms with Gasteiger partial charge in [0.2, 0.25) is 0 Å². The molecule has 13 heavy (non-hydrogen) atoms. The fourth-order valence-corrected chi connectivity index (χ4v) is 0.557. The average molecular weight is 348 g/mol. The van der Waals surface area contributed by atoms with Crippen molar-refractivity contribution < 1.29 is 21.1 Å². The standard InChI is InChI=1S/C7H9N2.C3H7.W/c1-6(2)7-8-4-3-5-9-7;1-3-2;/h3-4,6H,1-2H3;3H,1-2H3;/q2*-1;+2. The van der Waals surface area contributed by atoms with E-state index >= 15 is 0 Å². The maximum Gasteiger partial charge on any atom is 2.00 e. The van der Waals surface area contributed by atoms with Gasteiger partial charge in [-0.15, -0.1) is 6.07 Å². The van der Waals surface area contributed by atoms with E-state index in [9.17, 15) is 0 Å². The molecule has 0 saturated carbocycles. The topological polar surface area (TPSA) is 25.8 Å². The van der Waals surface area contributed by atoms with Gasteiger partial charge in [0.25, 0.3) is 0 Å². The summed E-state index contributed by atoms with van der Waals surface area (Å²) in [6, 6.07) is 1.70. The van der Waals surface area contributed by atoms with Crippen molar-refractivity contribution in [1.29, 1.82) is 0 Å². The Morgan fingerprint density at radius 1 is 1.38 bits per heavy atom. The third-order valence-electron chi connectivity index (χ3n) is 1.05. The normalized spacial score (nSPS) is 8.38. The summed E-state index contributed by atoms with van der Waals surface area (Å²) in [5, 5.41) is 0. The second-order valence-corrected chi connectivity index (χ2v) is 2.78. The zero-order valence-corrected chi connectivity index (χ0v) is 11.5. The maximum absolute atomic E-state index is 4.04. The molecule has 0 aromatic carbocycles. The van der Waals surface area contributed by atoms with Crippen LogP contribution in [-0.4, -0.2) is 9.97 Å². The predicted octanol–water partition coefficient (Wildman–Crippen LogP) is 2.63. The minimum absolute atomic E-state index is 0. The van der Waals surface area contributed by atoms with Gasteiger partial charge < -0.3 is 16.4 Å². The Morgan fingerprint density at radius 3 is 2.15 bits per heavy atom. The summed E-state index contributed by atoms with van der Waals surface area (Å²) in [6.07, 6.45) is 6.44. The Labute approximate surface area is 95.5 Å². The summed E-state index contributed by atoms with van der Waals surface area (Å²) in [5.41, 5.74) is 0. The molecular weight excluding hydrogens is 332 g/mol. The molecule has 2 nitrogen and oxygen atoms in total. The quantitative estimate of drug-likeness (QED) is 0.730. The number of hydrogen-bond acceptors (Lipinski definition) is 2. The first-order chi connectivity index (χ1) is 5.72. The second-order valence-electron chi connectivity index (χ2n) is 2.78. The first kappa shape index (κ1) is 15.2. The van der Waals surface area contributed by atoms with Crippen LogP contribution in [0.15, 0.2) is 12.3 Å². The summed E-state index contributed by atoms with van der Waals surface area (Å²) in [4.78, 5) is 7.98. The van der Waals surface area contributed by atoms with Crippen LogP contribution in [0.4, 0.5) is 0 Å². The molecule has 1 aromatic heterocycles. The van der Waals surface area contributed by atoms with Crippen molar-refractivity contribution in [3.8, 4) is 0 Å². The van der Waals surface area contributed by atoms with E-state index in [1.165, 1.54) is 0 Å². The van der Waals surface area contributed by atoms with E-state index < -0.39 is 0 Å². The molecule has 1 aromatic rings. The SMILES string of the molecule is CC(C)c1n[c-]ccn1.C[CH-]C.[W+2]. The Hall–Kier alpha value is -0.232. The molecule has 0 bridgehead atoms. The van der Waals surface area contributed by atoms with Gasteiger partial charge in [-0.25, -0.2) is 0 Å². The molecule has 3 heteroatoms. The molecule has 0 atom stereocenters. The summed E-state index contributed by atoms with van der Waals surface area (Å²) in [5.74, 6) is 1.26. The van der Waals surface area contributed by atoms with E-state index in [2.05, 4.69) is 30.0 Å². The zero-order chi connectivity index (χ0) is 9.40. The van der Waals surface area contributed by atoms with E-state index in [1.807, 2.05) is 20.3 Å². The fourth-order valence-electron chi connectivity index (χ4n) is 0.557. The number of hydrogen-bond donors (Lipinski definition) is 0. The van der Waals surface area contributed by atoms with Crippen LogP contribution in [0.1, 0.15) is 39.4 Å². The molecule has 0 saturated heterocycles. The van der Waals surface area contributed by atoms with Crippen LogP contribution < -0.4 is 0 Å². The van der Waals surface area contributed by atoms with E-state index in [-0.39, 0.29) is 21.1 Å². The van der Waals surface area contributed by atoms with Crippen LogP contribution in [0.3, 0.4) is 0 Å². The van der Waals surface area contributed by atoms with Gasteiger partial charge in [0.05, 0.1) is 0 Å². The van der Waals surface area contributed by atoms with Gasteiger partial charge >= 0.3 is 21.1 Å². The fraction of sp³-hybridized carbons (Fsp3) is 0.500. The molecule has 0 aliphatic carbocycles. The van der Waals surface area contributed by atoms with Gasteiger partial charge in [-0.05, 0) is 5.92 Å². The molecule has 72 valence electrons. The molecule has 0 aliphatic rings. The molecule has 0 radical (unpaired) electrons. The molecule has 0 fully saturated rings. The first-order valence-electron chi connectivity index (χ1n) is 4.15. The third kappa shape index (κ3) is 8.11. The van der Waals surface area contributed by atoms with Gasteiger partial charge in [0.1, 0.15) is 0 Å². The van der Waals surface area contributed by atoms with Gasteiger partial charge in [-0.2, -0.15) is 13.8 Å². The Morgan fingerprint density at radius 2 is 1.92 bits per heavy atom. The molecule has 1 heterocycles. The van der Waals surface area contributed by atoms with Crippen LogP contribution in [0.5, 0.6) is 0 Å². The molecule has 0 unspecified atom stereocenters. The van der Waals surface area contributed by atoms with Crippen molar-refractivity contribution in [2.24, 2.45) is 0 Å². The van der Waals surface area contributed by atoms with Crippen LogP contribution in [0.25, 0.3) is 0 Å². The summed E-state index contributed by atoms with van der Waals surface area (Å²) < 4.78 is 0. The third-order valence-corrected chi connectivity index (χ3v) is 1.05. The van der Waals surface area contributed by atoms with E-state index in [4.69, 9.17) is 0 Å². The molecule has 0 N–H and O–H groups in total. The van der Waals surface area contributed by atoms with Crippen LogP contribution in [0, 0.1) is 12.6 Å². The van der Waals surface area contributed by atoms with Crippen LogP contribution in [0.2, 0.25) is 0 Å². The summed E-state index contributed by atoms with van der Waals surface area (Å²) in [7, 11) is 0. The molecule has 0 amide bonds. The Kier molecular flexibility index (Phi) is 11.6. The molecule has 1 rings (SSSR count). The molecular formula is C10H16N2W. The van der Waals surface area contributed by atoms with Crippen molar-refractivity contribution in [2.75, 3.05) is 0 Å². The average Bonchev–Trinajstić information content (AvgIpc) is 2.07. The maximum atomic E-state index is 4.04. The van der Waals surface area contributed by atoms with E-state index in [0.29, 0.717) is 5.92 Å². The Balaban J connectivity index is 0. The minimum atomic E-state index is 0. The number of rotatable bonds is 1.